The summed E-state index contributed by atoms with van der Waals surface area (Å²) in [5.41, 5.74) is -0.251. The first-order chi connectivity index (χ1) is 9.43. The van der Waals surface area contributed by atoms with Crippen LogP contribution in [0.1, 0.15) is 52.6 Å². The predicted octanol–water partition coefficient (Wildman–Crippen LogP) is 0.674. The van der Waals surface area contributed by atoms with E-state index in [0.29, 0.717) is 32.0 Å². The molecule has 3 rings (SSSR count). The lowest BCUT2D eigenvalue weighted by molar-refractivity contribution is 0.0686. The Morgan fingerprint density at radius 3 is 2.40 bits per heavy atom. The molecule has 1 aromatic rings. The van der Waals surface area contributed by atoms with Gasteiger partial charge in [-0.1, -0.05) is 0 Å². The summed E-state index contributed by atoms with van der Waals surface area (Å²) in [6.45, 7) is 0. The highest BCUT2D eigenvalue weighted by Gasteiger charge is 2.47. The van der Waals surface area contributed by atoms with Gasteiger partial charge in [-0.05, 0) is 25.7 Å². The average molecular weight is 298 g/mol. The third kappa shape index (κ3) is 1.86. The zero-order valence-corrected chi connectivity index (χ0v) is 11.4. The van der Waals surface area contributed by atoms with Gasteiger partial charge in [-0.25, -0.2) is 13.2 Å². The fourth-order valence-corrected chi connectivity index (χ4v) is 5.70. The molecular formula is C12H14N2O5S. The quantitative estimate of drug-likeness (QED) is 0.822. The number of sulfone groups is 1. The summed E-state index contributed by atoms with van der Waals surface area (Å²) in [6, 6.07) is -0.150. The third-order valence-electron chi connectivity index (χ3n) is 4.27. The van der Waals surface area contributed by atoms with E-state index in [-0.39, 0.29) is 27.8 Å². The molecule has 1 N–H and O–H groups in total. The lowest BCUT2D eigenvalue weighted by Crippen LogP contribution is -2.34. The van der Waals surface area contributed by atoms with E-state index in [2.05, 4.69) is 5.10 Å². The van der Waals surface area contributed by atoms with Crippen LogP contribution in [0.4, 0.5) is 0 Å². The second-order valence-electron chi connectivity index (χ2n) is 5.37. The summed E-state index contributed by atoms with van der Waals surface area (Å²) >= 11 is 0. The molecule has 0 aromatic carbocycles. The lowest BCUT2D eigenvalue weighted by Gasteiger charge is -2.28. The fourth-order valence-electron chi connectivity index (χ4n) is 3.24. The van der Waals surface area contributed by atoms with Crippen molar-refractivity contribution in [3.05, 3.63) is 17.5 Å². The van der Waals surface area contributed by atoms with Gasteiger partial charge < -0.3 is 5.11 Å². The predicted molar refractivity (Wildman–Crippen MR) is 68.6 cm³/mol. The number of rotatable bonds is 3. The fraction of sp³-hybridized carbons (Fsp3) is 0.583. The summed E-state index contributed by atoms with van der Waals surface area (Å²) < 4.78 is 25.5. The van der Waals surface area contributed by atoms with E-state index >= 15 is 0 Å². The zero-order chi connectivity index (χ0) is 14.5. The number of carbonyl (C=O) groups excluding carboxylic acids is 1. The molecule has 0 spiro atoms. The molecule has 0 amide bonds. The van der Waals surface area contributed by atoms with Crippen molar-refractivity contribution in [2.24, 2.45) is 0 Å². The molecule has 2 aliphatic rings. The molecule has 20 heavy (non-hydrogen) atoms. The first-order valence-electron chi connectivity index (χ1n) is 6.44. The standard InChI is InChI=1S/C12H14N2O5S/c15-6-7-5-14(13-11(7)12(16)17)8-3-9-1-2-10(4-8)20(9,18)19/h5-6,8-10H,1-4H2,(H,16,17). The Bertz CT molecular complexity index is 658. The first-order valence-corrected chi connectivity index (χ1v) is 8.04. The van der Waals surface area contributed by atoms with Gasteiger partial charge in [0.15, 0.2) is 21.8 Å². The smallest absolute Gasteiger partial charge is 0.357 e. The number of carboxylic acids is 1. The molecular weight excluding hydrogens is 284 g/mol. The summed E-state index contributed by atoms with van der Waals surface area (Å²) in [7, 11) is -3.02. The Balaban J connectivity index is 1.92. The van der Waals surface area contributed by atoms with E-state index in [1.165, 1.54) is 10.9 Å². The maximum Gasteiger partial charge on any atom is 0.357 e. The Hall–Kier alpha value is -1.70. The molecule has 3 heterocycles. The molecule has 0 aliphatic carbocycles. The van der Waals surface area contributed by atoms with Crippen LogP contribution in [0.3, 0.4) is 0 Å². The van der Waals surface area contributed by atoms with E-state index in [4.69, 9.17) is 5.11 Å². The highest BCUT2D eigenvalue weighted by molar-refractivity contribution is 7.93. The maximum absolute atomic E-state index is 12.0. The number of hydrogen-bond acceptors (Lipinski definition) is 5. The minimum Gasteiger partial charge on any atom is -0.476 e. The zero-order valence-electron chi connectivity index (χ0n) is 10.6. The van der Waals surface area contributed by atoms with Gasteiger partial charge in [0, 0.05) is 6.20 Å². The SMILES string of the molecule is O=Cc1cn(C2CC3CCC(C2)S3(=O)=O)nc1C(=O)O. The number of aldehydes is 1. The molecule has 2 saturated heterocycles. The van der Waals surface area contributed by atoms with Gasteiger partial charge in [0.25, 0.3) is 0 Å². The van der Waals surface area contributed by atoms with Crippen LogP contribution in [0.2, 0.25) is 0 Å². The molecule has 108 valence electrons. The highest BCUT2D eigenvalue weighted by atomic mass is 32.2. The van der Waals surface area contributed by atoms with Crippen LogP contribution in [0.5, 0.6) is 0 Å². The van der Waals surface area contributed by atoms with Crippen LogP contribution in [-0.2, 0) is 9.84 Å². The van der Waals surface area contributed by atoms with Gasteiger partial charge >= 0.3 is 5.97 Å². The monoisotopic (exact) mass is 298 g/mol. The van der Waals surface area contributed by atoms with Gasteiger partial charge in [0.2, 0.25) is 0 Å². The third-order valence-corrected chi connectivity index (χ3v) is 6.99. The summed E-state index contributed by atoms with van der Waals surface area (Å²) in [4.78, 5) is 21.8. The topological polar surface area (TPSA) is 106 Å². The van der Waals surface area contributed by atoms with Crippen molar-refractivity contribution in [1.29, 1.82) is 0 Å². The molecule has 0 saturated carbocycles. The van der Waals surface area contributed by atoms with Crippen LogP contribution in [0, 0.1) is 0 Å². The second kappa shape index (κ2) is 4.41. The van der Waals surface area contributed by atoms with E-state index in [0.717, 1.165) is 0 Å². The van der Waals surface area contributed by atoms with Crippen molar-refractivity contribution in [1.82, 2.24) is 9.78 Å². The second-order valence-corrected chi connectivity index (χ2v) is 7.88. The molecule has 2 bridgehead atoms. The van der Waals surface area contributed by atoms with Gasteiger partial charge in [0.1, 0.15) is 0 Å². The van der Waals surface area contributed by atoms with Crippen molar-refractivity contribution in [3.63, 3.8) is 0 Å². The number of hydrogen-bond donors (Lipinski definition) is 1. The summed E-state index contributed by atoms with van der Waals surface area (Å²) in [5.74, 6) is -1.25. The molecule has 7 nitrogen and oxygen atoms in total. The maximum atomic E-state index is 12.0. The highest BCUT2D eigenvalue weighted by Crippen LogP contribution is 2.42. The van der Waals surface area contributed by atoms with Gasteiger partial charge in [-0.3, -0.25) is 9.48 Å². The summed E-state index contributed by atoms with van der Waals surface area (Å²) in [6.07, 6.45) is 4.07. The lowest BCUT2D eigenvalue weighted by atomic mass is 10.1. The number of aromatic nitrogens is 2. The molecule has 2 unspecified atom stereocenters. The van der Waals surface area contributed by atoms with Crippen LogP contribution < -0.4 is 0 Å². The van der Waals surface area contributed by atoms with Crippen LogP contribution in [0.25, 0.3) is 0 Å². The number of carbonyl (C=O) groups is 2. The first kappa shape index (κ1) is 13.3. The Labute approximate surface area is 115 Å². The summed E-state index contributed by atoms with van der Waals surface area (Å²) in [5, 5.41) is 12.2. The van der Waals surface area contributed by atoms with Gasteiger partial charge in [-0.2, -0.15) is 5.10 Å². The minimum atomic E-state index is -3.02. The van der Waals surface area contributed by atoms with E-state index in [9.17, 15) is 18.0 Å². The molecule has 2 aliphatic heterocycles. The Kier molecular flexibility index (Phi) is 2.93. The van der Waals surface area contributed by atoms with Crippen LogP contribution >= 0.6 is 0 Å². The van der Waals surface area contributed by atoms with Crippen molar-refractivity contribution in [3.8, 4) is 0 Å². The number of carboxylic acid groups (broad SMARTS) is 1. The van der Waals surface area contributed by atoms with Crippen LogP contribution in [0.15, 0.2) is 6.20 Å². The van der Waals surface area contributed by atoms with E-state index < -0.39 is 15.8 Å². The van der Waals surface area contributed by atoms with Crippen molar-refractivity contribution < 1.29 is 23.1 Å². The molecule has 8 heteroatoms. The largest absolute Gasteiger partial charge is 0.476 e. The Morgan fingerprint density at radius 1 is 1.35 bits per heavy atom. The van der Waals surface area contributed by atoms with Gasteiger partial charge in [0.05, 0.1) is 22.1 Å². The molecule has 2 atom stereocenters. The number of fused-ring (bicyclic) bond motifs is 2. The molecule has 1 aromatic heterocycles. The average Bonchev–Trinajstić information content (AvgIpc) is 2.83. The van der Waals surface area contributed by atoms with Crippen LogP contribution in [-0.4, -0.2) is 46.1 Å². The van der Waals surface area contributed by atoms with E-state index in [1.807, 2.05) is 0 Å². The number of aromatic carboxylic acids is 1. The van der Waals surface area contributed by atoms with Crippen molar-refractivity contribution >= 4 is 22.1 Å². The van der Waals surface area contributed by atoms with E-state index in [1.54, 1.807) is 0 Å². The van der Waals surface area contributed by atoms with Gasteiger partial charge in [-0.15, -0.1) is 0 Å². The van der Waals surface area contributed by atoms with Crippen molar-refractivity contribution in [2.75, 3.05) is 0 Å². The Morgan fingerprint density at radius 2 is 1.95 bits per heavy atom. The minimum absolute atomic E-state index is 0.0262. The molecule has 0 radical (unpaired) electrons. The molecule has 2 fully saturated rings. The number of nitrogens with zero attached hydrogens (tertiary/aromatic N) is 2. The normalized spacial score (nSPS) is 31.1. The van der Waals surface area contributed by atoms with Crippen molar-refractivity contribution in [2.45, 2.75) is 42.2 Å².